The minimum Gasteiger partial charge on any atom is -0.422 e. The summed E-state index contributed by atoms with van der Waals surface area (Å²) in [4.78, 5) is 24.0. The summed E-state index contributed by atoms with van der Waals surface area (Å²) in [5.74, 6) is -0.452. The van der Waals surface area contributed by atoms with Crippen molar-refractivity contribution in [1.29, 1.82) is 0 Å². The Morgan fingerprint density at radius 2 is 2.20 bits per heavy atom. The Kier molecular flexibility index (Phi) is 4.20. The van der Waals surface area contributed by atoms with Gasteiger partial charge in [-0.15, -0.1) is 0 Å². The smallest absolute Gasteiger partial charge is 0.349 e. The number of hydrogen-bond donors (Lipinski definition) is 1. The Bertz CT molecular complexity index is 690. The zero-order valence-corrected chi connectivity index (χ0v) is 11.7. The molecule has 1 aromatic heterocycles. The van der Waals surface area contributed by atoms with Crippen molar-refractivity contribution in [3.8, 4) is 0 Å². The van der Waals surface area contributed by atoms with Crippen LogP contribution in [0.5, 0.6) is 0 Å². The topological polar surface area (TPSA) is 68.5 Å². The van der Waals surface area contributed by atoms with Crippen molar-refractivity contribution < 1.29 is 13.9 Å². The summed E-state index contributed by atoms with van der Waals surface area (Å²) in [7, 11) is 1.55. The Morgan fingerprint density at radius 1 is 1.45 bits per heavy atom. The lowest BCUT2D eigenvalue weighted by Gasteiger charge is -2.12. The van der Waals surface area contributed by atoms with Gasteiger partial charge in [0, 0.05) is 18.5 Å². The van der Waals surface area contributed by atoms with Gasteiger partial charge in [0.05, 0.1) is 6.61 Å². The van der Waals surface area contributed by atoms with Crippen molar-refractivity contribution in [2.24, 2.45) is 0 Å². The predicted molar refractivity (Wildman–Crippen MR) is 76.0 cm³/mol. The standard InChI is InChI=1S/C15H17NO4/c1-9-5-4-6-11-7-12(15(18)20-13(9)11)14(17)16-10(2)8-19-3/h4-7,10H,8H2,1-3H3,(H,16,17)/t10-/m0/s1. The molecule has 2 aromatic rings. The average molecular weight is 275 g/mol. The summed E-state index contributed by atoms with van der Waals surface area (Å²) < 4.78 is 10.2. The molecule has 2 rings (SSSR count). The molecule has 0 aliphatic carbocycles. The fourth-order valence-electron chi connectivity index (χ4n) is 2.04. The number of para-hydroxylation sites is 1. The SMILES string of the molecule is COC[C@H](C)NC(=O)c1cc2cccc(C)c2oc1=O. The summed E-state index contributed by atoms with van der Waals surface area (Å²) >= 11 is 0. The molecule has 1 aromatic carbocycles. The highest BCUT2D eigenvalue weighted by Crippen LogP contribution is 2.17. The Labute approximate surface area is 116 Å². The van der Waals surface area contributed by atoms with E-state index >= 15 is 0 Å². The van der Waals surface area contributed by atoms with Gasteiger partial charge in [-0.3, -0.25) is 4.79 Å². The van der Waals surface area contributed by atoms with E-state index in [1.165, 1.54) is 0 Å². The Morgan fingerprint density at radius 3 is 2.90 bits per heavy atom. The highest BCUT2D eigenvalue weighted by molar-refractivity contribution is 5.97. The van der Waals surface area contributed by atoms with Gasteiger partial charge >= 0.3 is 5.63 Å². The minimum absolute atomic E-state index is 0.00560. The van der Waals surface area contributed by atoms with Crippen LogP contribution >= 0.6 is 0 Å². The van der Waals surface area contributed by atoms with E-state index < -0.39 is 11.5 Å². The molecule has 0 aliphatic heterocycles. The fourth-order valence-corrected chi connectivity index (χ4v) is 2.04. The fraction of sp³-hybridized carbons (Fsp3) is 0.333. The molecular formula is C15H17NO4. The summed E-state index contributed by atoms with van der Waals surface area (Å²) in [6, 6.07) is 6.89. The number of amides is 1. The van der Waals surface area contributed by atoms with E-state index in [4.69, 9.17) is 9.15 Å². The van der Waals surface area contributed by atoms with Crippen LogP contribution in [-0.4, -0.2) is 25.7 Å². The van der Waals surface area contributed by atoms with Crippen LogP contribution in [0.4, 0.5) is 0 Å². The lowest BCUT2D eigenvalue weighted by molar-refractivity contribution is 0.0902. The predicted octanol–water partition coefficient (Wildman–Crippen LogP) is 1.87. The van der Waals surface area contributed by atoms with Gasteiger partial charge in [0.2, 0.25) is 0 Å². The molecule has 1 amide bonds. The molecule has 1 atom stereocenters. The summed E-state index contributed by atoms with van der Waals surface area (Å²) in [5.41, 5.74) is 0.748. The second-order valence-electron chi connectivity index (χ2n) is 4.77. The molecule has 0 aliphatic rings. The van der Waals surface area contributed by atoms with Crippen molar-refractivity contribution in [2.75, 3.05) is 13.7 Å². The summed E-state index contributed by atoms with van der Waals surface area (Å²) in [5, 5.41) is 3.42. The lowest BCUT2D eigenvalue weighted by Crippen LogP contribution is -2.37. The van der Waals surface area contributed by atoms with E-state index in [-0.39, 0.29) is 11.6 Å². The van der Waals surface area contributed by atoms with Gasteiger partial charge in [0.1, 0.15) is 11.1 Å². The maximum Gasteiger partial charge on any atom is 0.349 e. The molecule has 0 bridgehead atoms. The van der Waals surface area contributed by atoms with E-state index in [2.05, 4.69) is 5.32 Å². The number of benzene rings is 1. The van der Waals surface area contributed by atoms with Gasteiger partial charge in [0.15, 0.2) is 0 Å². The Balaban J connectivity index is 2.38. The van der Waals surface area contributed by atoms with Crippen LogP contribution in [-0.2, 0) is 4.74 Å². The number of fused-ring (bicyclic) bond motifs is 1. The Hall–Kier alpha value is -2.14. The molecule has 0 radical (unpaired) electrons. The monoisotopic (exact) mass is 275 g/mol. The molecule has 1 heterocycles. The van der Waals surface area contributed by atoms with Crippen LogP contribution in [0.1, 0.15) is 22.8 Å². The molecular weight excluding hydrogens is 258 g/mol. The zero-order chi connectivity index (χ0) is 14.7. The van der Waals surface area contributed by atoms with Crippen molar-refractivity contribution >= 4 is 16.9 Å². The minimum atomic E-state index is -0.631. The molecule has 0 unspecified atom stereocenters. The van der Waals surface area contributed by atoms with E-state index in [1.54, 1.807) is 26.2 Å². The van der Waals surface area contributed by atoms with Gasteiger partial charge < -0.3 is 14.5 Å². The quantitative estimate of drug-likeness (QED) is 0.865. The van der Waals surface area contributed by atoms with Crippen LogP contribution in [0, 0.1) is 6.92 Å². The molecule has 1 N–H and O–H groups in total. The maximum absolute atomic E-state index is 12.1. The van der Waals surface area contributed by atoms with Crippen molar-refractivity contribution in [1.82, 2.24) is 5.32 Å². The van der Waals surface area contributed by atoms with Crippen LogP contribution < -0.4 is 10.9 Å². The largest absolute Gasteiger partial charge is 0.422 e. The first-order valence-electron chi connectivity index (χ1n) is 6.36. The highest BCUT2D eigenvalue weighted by Gasteiger charge is 2.16. The second-order valence-corrected chi connectivity index (χ2v) is 4.77. The first-order chi connectivity index (χ1) is 9.52. The molecule has 0 spiro atoms. The van der Waals surface area contributed by atoms with Crippen molar-refractivity contribution in [3.05, 3.63) is 45.8 Å². The molecule has 106 valence electrons. The number of carbonyl (C=O) groups is 1. The van der Waals surface area contributed by atoms with E-state index in [9.17, 15) is 9.59 Å². The van der Waals surface area contributed by atoms with Crippen LogP contribution in [0.25, 0.3) is 11.0 Å². The first kappa shape index (κ1) is 14.3. The molecule has 0 saturated heterocycles. The third-order valence-electron chi connectivity index (χ3n) is 3.00. The summed E-state index contributed by atoms with van der Waals surface area (Å²) in [6.45, 7) is 4.03. The third-order valence-corrected chi connectivity index (χ3v) is 3.00. The number of methoxy groups -OCH3 is 1. The van der Waals surface area contributed by atoms with E-state index in [0.717, 1.165) is 10.9 Å². The normalized spacial score (nSPS) is 12.3. The molecule has 0 fully saturated rings. The number of nitrogens with one attached hydrogen (secondary N) is 1. The van der Waals surface area contributed by atoms with E-state index in [1.807, 2.05) is 19.1 Å². The van der Waals surface area contributed by atoms with Crippen LogP contribution in [0.15, 0.2) is 33.5 Å². The first-order valence-corrected chi connectivity index (χ1v) is 6.36. The zero-order valence-electron chi connectivity index (χ0n) is 11.7. The van der Waals surface area contributed by atoms with Crippen molar-refractivity contribution in [3.63, 3.8) is 0 Å². The molecule has 0 saturated carbocycles. The molecule has 20 heavy (non-hydrogen) atoms. The van der Waals surface area contributed by atoms with Crippen LogP contribution in [0.2, 0.25) is 0 Å². The van der Waals surface area contributed by atoms with E-state index in [0.29, 0.717) is 12.2 Å². The van der Waals surface area contributed by atoms with Gasteiger partial charge in [-0.1, -0.05) is 18.2 Å². The van der Waals surface area contributed by atoms with Gasteiger partial charge in [-0.2, -0.15) is 0 Å². The van der Waals surface area contributed by atoms with Crippen LogP contribution in [0.3, 0.4) is 0 Å². The molecule has 5 heteroatoms. The maximum atomic E-state index is 12.1. The number of rotatable bonds is 4. The third kappa shape index (κ3) is 2.88. The highest BCUT2D eigenvalue weighted by atomic mass is 16.5. The molecule has 5 nitrogen and oxygen atoms in total. The number of hydrogen-bond acceptors (Lipinski definition) is 4. The average Bonchev–Trinajstić information content (AvgIpc) is 2.39. The second kappa shape index (κ2) is 5.88. The number of carbonyl (C=O) groups excluding carboxylic acids is 1. The number of ether oxygens (including phenoxy) is 1. The van der Waals surface area contributed by atoms with Gasteiger partial charge in [-0.05, 0) is 25.5 Å². The van der Waals surface area contributed by atoms with Gasteiger partial charge in [0.25, 0.3) is 5.91 Å². The summed E-state index contributed by atoms with van der Waals surface area (Å²) in [6.07, 6.45) is 0. The van der Waals surface area contributed by atoms with Gasteiger partial charge in [-0.25, -0.2) is 4.79 Å². The van der Waals surface area contributed by atoms with Crippen molar-refractivity contribution in [2.45, 2.75) is 19.9 Å². The number of aryl methyl sites for hydroxylation is 1. The lowest BCUT2D eigenvalue weighted by atomic mass is 10.1.